The van der Waals surface area contributed by atoms with E-state index in [1.165, 1.54) is 12.3 Å². The summed E-state index contributed by atoms with van der Waals surface area (Å²) in [6, 6.07) is 7.16. The molecule has 21 heavy (non-hydrogen) atoms. The van der Waals surface area contributed by atoms with Gasteiger partial charge in [-0.3, -0.25) is 4.79 Å². The van der Waals surface area contributed by atoms with E-state index in [1.807, 2.05) is 24.5 Å². The second kappa shape index (κ2) is 6.10. The Kier molecular flexibility index (Phi) is 4.24. The Hall–Kier alpha value is -2.80. The largest absolute Gasteiger partial charge is 0.465 e. The van der Waals surface area contributed by atoms with Gasteiger partial charge in [0.15, 0.2) is 0 Å². The number of ketones is 1. The van der Waals surface area contributed by atoms with Crippen LogP contribution in [0.15, 0.2) is 47.1 Å². The zero-order valence-electron chi connectivity index (χ0n) is 12.1. The quantitative estimate of drug-likeness (QED) is 0.363. The van der Waals surface area contributed by atoms with Gasteiger partial charge in [0, 0.05) is 29.6 Å². The molecule has 0 bridgehead atoms. The van der Waals surface area contributed by atoms with Gasteiger partial charge in [0.2, 0.25) is 5.78 Å². The number of aryl methyl sites for hydroxylation is 1. The van der Waals surface area contributed by atoms with Gasteiger partial charge in [0.05, 0.1) is 6.26 Å². The molecule has 2 aromatic rings. The maximum Gasteiger partial charge on any atom is 0.205 e. The van der Waals surface area contributed by atoms with Gasteiger partial charge < -0.3 is 8.98 Å². The number of nitriles is 1. The van der Waals surface area contributed by atoms with Crippen LogP contribution in [0.5, 0.6) is 0 Å². The number of allylic oxidation sites excluding steroid dienone is 2. The average molecular weight is 280 g/mol. The first-order chi connectivity index (χ1) is 10.1. The highest BCUT2D eigenvalue weighted by Gasteiger charge is 2.19. The van der Waals surface area contributed by atoms with Crippen LogP contribution in [0, 0.1) is 25.2 Å². The number of rotatable bonds is 5. The molecule has 106 valence electrons. The molecule has 0 saturated heterocycles. The molecule has 2 rings (SSSR count). The third-order valence-corrected chi connectivity index (χ3v) is 3.32. The molecule has 0 fully saturated rings. The fourth-order valence-electron chi connectivity index (χ4n) is 2.25. The van der Waals surface area contributed by atoms with E-state index < -0.39 is 0 Å². The smallest absolute Gasteiger partial charge is 0.205 e. The Labute approximate surface area is 123 Å². The number of hydrogen-bond donors (Lipinski definition) is 0. The van der Waals surface area contributed by atoms with Crippen molar-refractivity contribution in [3.05, 3.63) is 65.4 Å². The Balaban J connectivity index is 2.42. The third-order valence-electron chi connectivity index (χ3n) is 3.32. The maximum absolute atomic E-state index is 12.5. The Morgan fingerprint density at radius 3 is 2.86 bits per heavy atom. The summed E-state index contributed by atoms with van der Waals surface area (Å²) < 4.78 is 7.14. The van der Waals surface area contributed by atoms with Crippen LogP contribution >= 0.6 is 0 Å². The molecule has 0 amide bonds. The number of nitrogens with zero attached hydrogens (tertiary/aromatic N) is 2. The topological polar surface area (TPSA) is 58.9 Å². The minimum Gasteiger partial charge on any atom is -0.465 e. The van der Waals surface area contributed by atoms with Crippen LogP contribution in [0.1, 0.15) is 27.5 Å². The van der Waals surface area contributed by atoms with Crippen LogP contribution in [0.4, 0.5) is 0 Å². The first kappa shape index (κ1) is 14.6. The van der Waals surface area contributed by atoms with Gasteiger partial charge in [-0.2, -0.15) is 5.26 Å². The summed E-state index contributed by atoms with van der Waals surface area (Å²) in [5.41, 5.74) is 2.39. The van der Waals surface area contributed by atoms with Gasteiger partial charge in [0.25, 0.3) is 0 Å². The van der Waals surface area contributed by atoms with E-state index in [9.17, 15) is 10.1 Å². The lowest BCUT2D eigenvalue weighted by Crippen LogP contribution is -2.05. The summed E-state index contributed by atoms with van der Waals surface area (Å²) in [5, 5.41) is 9.22. The Morgan fingerprint density at radius 2 is 2.29 bits per heavy atom. The van der Waals surface area contributed by atoms with Crippen molar-refractivity contribution in [3.63, 3.8) is 0 Å². The van der Waals surface area contributed by atoms with E-state index in [-0.39, 0.29) is 11.4 Å². The first-order valence-electron chi connectivity index (χ1n) is 6.56. The van der Waals surface area contributed by atoms with Crippen LogP contribution in [0.25, 0.3) is 6.08 Å². The summed E-state index contributed by atoms with van der Waals surface area (Å²) in [5.74, 6) is 0.192. The SMILES string of the molecule is C=CCn1c(C)cc(C(=O)/C(C#N)=C/c2ccco2)c1C. The zero-order chi connectivity index (χ0) is 15.4. The predicted molar refractivity (Wildman–Crippen MR) is 80.7 cm³/mol. The van der Waals surface area contributed by atoms with Crippen molar-refractivity contribution in [1.29, 1.82) is 5.26 Å². The summed E-state index contributed by atoms with van der Waals surface area (Å²) in [4.78, 5) is 12.5. The number of Topliss-reactive ketones (excluding diaryl/α,β-unsaturated/α-hetero) is 1. The predicted octanol–water partition coefficient (Wildman–Crippen LogP) is 3.67. The van der Waals surface area contributed by atoms with Gasteiger partial charge in [-0.1, -0.05) is 6.08 Å². The molecular weight excluding hydrogens is 264 g/mol. The van der Waals surface area contributed by atoms with Crippen molar-refractivity contribution in [2.75, 3.05) is 0 Å². The van der Waals surface area contributed by atoms with E-state index in [4.69, 9.17) is 4.42 Å². The maximum atomic E-state index is 12.5. The van der Waals surface area contributed by atoms with Crippen molar-refractivity contribution in [2.45, 2.75) is 20.4 Å². The molecule has 2 aromatic heterocycles. The molecule has 0 N–H and O–H groups in total. The molecule has 4 nitrogen and oxygen atoms in total. The molecule has 0 aliphatic carbocycles. The fourth-order valence-corrected chi connectivity index (χ4v) is 2.25. The molecule has 0 saturated carbocycles. The molecule has 2 heterocycles. The number of aromatic nitrogens is 1. The standard InChI is InChI=1S/C17H16N2O2/c1-4-7-19-12(2)9-16(13(19)3)17(20)14(11-18)10-15-6-5-8-21-15/h4-6,8-10H,1,7H2,2-3H3/b14-10+. The van der Waals surface area contributed by atoms with Gasteiger partial charge in [-0.05, 0) is 32.0 Å². The number of furan rings is 1. The van der Waals surface area contributed by atoms with Gasteiger partial charge in [-0.25, -0.2) is 0 Å². The second-order valence-electron chi connectivity index (χ2n) is 4.70. The minimum absolute atomic E-state index is 0.0591. The van der Waals surface area contributed by atoms with E-state index >= 15 is 0 Å². The highest BCUT2D eigenvalue weighted by molar-refractivity contribution is 6.14. The highest BCUT2D eigenvalue weighted by atomic mass is 16.3. The molecule has 0 spiro atoms. The second-order valence-corrected chi connectivity index (χ2v) is 4.70. The minimum atomic E-state index is -0.294. The van der Waals surface area contributed by atoms with Crippen molar-refractivity contribution < 1.29 is 9.21 Å². The Morgan fingerprint density at radius 1 is 1.52 bits per heavy atom. The van der Waals surface area contributed by atoms with Crippen LogP contribution in [-0.4, -0.2) is 10.4 Å². The fraction of sp³-hybridized carbons (Fsp3) is 0.176. The van der Waals surface area contributed by atoms with Crippen molar-refractivity contribution in [1.82, 2.24) is 4.57 Å². The molecule has 0 atom stereocenters. The van der Waals surface area contributed by atoms with Gasteiger partial charge in [-0.15, -0.1) is 6.58 Å². The van der Waals surface area contributed by atoms with E-state index in [0.717, 1.165) is 11.4 Å². The number of carbonyl (C=O) groups is 1. The zero-order valence-corrected chi connectivity index (χ0v) is 12.1. The first-order valence-corrected chi connectivity index (χ1v) is 6.56. The molecular formula is C17H16N2O2. The molecule has 0 unspecified atom stereocenters. The van der Waals surface area contributed by atoms with Crippen LogP contribution < -0.4 is 0 Å². The van der Waals surface area contributed by atoms with Gasteiger partial charge >= 0.3 is 0 Å². The molecule has 4 heteroatoms. The summed E-state index contributed by atoms with van der Waals surface area (Å²) in [6.07, 6.45) is 4.74. The molecule has 0 aromatic carbocycles. The van der Waals surface area contributed by atoms with Crippen LogP contribution in [-0.2, 0) is 6.54 Å². The number of hydrogen-bond acceptors (Lipinski definition) is 3. The lowest BCUT2D eigenvalue weighted by Gasteiger charge is -2.05. The summed E-state index contributed by atoms with van der Waals surface area (Å²) in [7, 11) is 0. The average Bonchev–Trinajstić information content (AvgIpc) is 3.07. The number of carbonyl (C=O) groups excluding carboxylic acids is 1. The van der Waals surface area contributed by atoms with Crippen LogP contribution in [0.3, 0.4) is 0 Å². The summed E-state index contributed by atoms with van der Waals surface area (Å²) in [6.45, 7) is 8.14. The van der Waals surface area contributed by atoms with Crippen molar-refractivity contribution in [2.24, 2.45) is 0 Å². The summed E-state index contributed by atoms with van der Waals surface area (Å²) >= 11 is 0. The van der Waals surface area contributed by atoms with Crippen LogP contribution in [0.2, 0.25) is 0 Å². The Bertz CT molecular complexity index is 741. The highest BCUT2D eigenvalue weighted by Crippen LogP contribution is 2.20. The van der Waals surface area contributed by atoms with E-state index in [0.29, 0.717) is 17.9 Å². The monoisotopic (exact) mass is 280 g/mol. The van der Waals surface area contributed by atoms with E-state index in [2.05, 4.69) is 6.58 Å². The lowest BCUT2D eigenvalue weighted by molar-refractivity contribution is 0.103. The van der Waals surface area contributed by atoms with Crippen molar-refractivity contribution >= 4 is 11.9 Å². The lowest BCUT2D eigenvalue weighted by atomic mass is 10.0. The van der Waals surface area contributed by atoms with E-state index in [1.54, 1.807) is 24.3 Å². The van der Waals surface area contributed by atoms with Crippen molar-refractivity contribution in [3.8, 4) is 6.07 Å². The molecule has 0 radical (unpaired) electrons. The molecule has 0 aliphatic heterocycles. The normalized spacial score (nSPS) is 11.2. The third kappa shape index (κ3) is 2.87. The molecule has 0 aliphatic rings. The van der Waals surface area contributed by atoms with Gasteiger partial charge in [0.1, 0.15) is 17.4 Å².